The second kappa shape index (κ2) is 9.61. The third kappa shape index (κ3) is 5.74. The first-order valence-corrected chi connectivity index (χ1v) is 10.6. The molecule has 0 spiro atoms. The van der Waals surface area contributed by atoms with E-state index in [1.165, 1.54) is 42.5 Å². The van der Waals surface area contributed by atoms with Crippen LogP contribution in [-0.4, -0.2) is 38.0 Å². The van der Waals surface area contributed by atoms with Crippen LogP contribution in [0.3, 0.4) is 0 Å². The van der Waals surface area contributed by atoms with Crippen LogP contribution in [0.1, 0.15) is 42.6 Å². The molecule has 2 rings (SSSR count). The highest BCUT2D eigenvalue weighted by atomic mass is 32.2. The monoisotopic (exact) mass is 402 g/mol. The number of ketones is 1. The zero-order valence-corrected chi connectivity index (χ0v) is 17.3. The molecule has 1 N–H and O–H groups in total. The van der Waals surface area contributed by atoms with Gasteiger partial charge in [-0.3, -0.25) is 9.59 Å². The number of nitrogens with one attached hydrogen (secondary N) is 1. The molecule has 0 saturated heterocycles. The number of rotatable bonds is 9. The minimum atomic E-state index is -3.66. The van der Waals surface area contributed by atoms with Crippen molar-refractivity contribution in [3.8, 4) is 0 Å². The lowest BCUT2D eigenvalue weighted by Crippen LogP contribution is -2.28. The normalized spacial score (nSPS) is 11.4. The summed E-state index contributed by atoms with van der Waals surface area (Å²) >= 11 is 0. The number of hydrogen-bond acceptors (Lipinski definition) is 4. The Bertz CT molecular complexity index is 937. The first kappa shape index (κ1) is 21.8. The van der Waals surface area contributed by atoms with Gasteiger partial charge >= 0.3 is 0 Å². The van der Waals surface area contributed by atoms with E-state index in [1.807, 2.05) is 31.2 Å². The number of nitrogens with zero attached hydrogens (tertiary/aromatic N) is 1. The predicted molar refractivity (Wildman–Crippen MR) is 110 cm³/mol. The quantitative estimate of drug-likeness (QED) is 0.651. The molecule has 0 bridgehead atoms. The standard InChI is InChI=1S/C21H26N2O4S/c1-4-17-7-5-8-19(15-17)22-21(25)9-6-14-23(3)28(26,27)20-12-10-18(11-13-20)16(2)24/h5,7-8,10-13,15H,4,6,9,14H2,1-3H3,(H,22,25). The minimum absolute atomic E-state index is 0.118. The van der Waals surface area contributed by atoms with Crippen LogP contribution < -0.4 is 5.32 Å². The summed E-state index contributed by atoms with van der Waals surface area (Å²) in [4.78, 5) is 23.5. The van der Waals surface area contributed by atoms with E-state index < -0.39 is 10.0 Å². The molecular formula is C21H26N2O4S. The molecule has 0 heterocycles. The second-order valence-electron chi connectivity index (χ2n) is 6.61. The number of benzene rings is 2. The largest absolute Gasteiger partial charge is 0.326 e. The van der Waals surface area contributed by atoms with E-state index in [0.29, 0.717) is 12.0 Å². The van der Waals surface area contributed by atoms with Crippen molar-refractivity contribution in [2.24, 2.45) is 0 Å². The molecule has 28 heavy (non-hydrogen) atoms. The molecule has 0 aliphatic heterocycles. The lowest BCUT2D eigenvalue weighted by atomic mass is 10.1. The van der Waals surface area contributed by atoms with Crippen LogP contribution in [0.15, 0.2) is 53.4 Å². The maximum atomic E-state index is 12.6. The number of sulfonamides is 1. The Morgan fingerprint density at radius 3 is 2.36 bits per heavy atom. The Morgan fingerprint density at radius 2 is 1.75 bits per heavy atom. The summed E-state index contributed by atoms with van der Waals surface area (Å²) in [5.41, 5.74) is 2.35. The van der Waals surface area contributed by atoms with Crippen LogP contribution in [0.4, 0.5) is 5.69 Å². The maximum absolute atomic E-state index is 12.6. The highest BCUT2D eigenvalue weighted by Gasteiger charge is 2.20. The molecule has 7 heteroatoms. The smallest absolute Gasteiger partial charge is 0.242 e. The van der Waals surface area contributed by atoms with Crippen molar-refractivity contribution in [3.05, 3.63) is 59.7 Å². The fourth-order valence-corrected chi connectivity index (χ4v) is 3.93. The number of amides is 1. The number of carbonyl (C=O) groups excluding carboxylic acids is 2. The molecule has 1 amide bonds. The third-order valence-corrected chi connectivity index (χ3v) is 6.34. The molecule has 2 aromatic carbocycles. The fraction of sp³-hybridized carbons (Fsp3) is 0.333. The van der Waals surface area contributed by atoms with Crippen LogP contribution in [0.25, 0.3) is 0 Å². The van der Waals surface area contributed by atoms with Crippen molar-refractivity contribution >= 4 is 27.4 Å². The van der Waals surface area contributed by atoms with Gasteiger partial charge in [0.25, 0.3) is 0 Å². The number of Topliss-reactive ketones (excluding diaryl/α,β-unsaturated/α-hetero) is 1. The molecule has 0 unspecified atom stereocenters. The summed E-state index contributed by atoms with van der Waals surface area (Å²) in [6.07, 6.45) is 1.51. The van der Waals surface area contributed by atoms with Crippen LogP contribution >= 0.6 is 0 Å². The Morgan fingerprint density at radius 1 is 1.07 bits per heavy atom. The van der Waals surface area contributed by atoms with Crippen LogP contribution in [0.5, 0.6) is 0 Å². The Labute approximate surface area is 166 Å². The third-order valence-electron chi connectivity index (χ3n) is 4.46. The highest BCUT2D eigenvalue weighted by Crippen LogP contribution is 2.16. The average molecular weight is 403 g/mol. The first-order chi connectivity index (χ1) is 13.2. The summed E-state index contributed by atoms with van der Waals surface area (Å²) in [6.45, 7) is 3.70. The molecule has 0 aliphatic rings. The molecule has 0 aromatic heterocycles. The van der Waals surface area contributed by atoms with Gasteiger partial charge in [-0.15, -0.1) is 0 Å². The van der Waals surface area contributed by atoms with Crippen molar-refractivity contribution < 1.29 is 18.0 Å². The number of hydrogen-bond donors (Lipinski definition) is 1. The lowest BCUT2D eigenvalue weighted by molar-refractivity contribution is -0.116. The van der Waals surface area contributed by atoms with E-state index in [1.54, 1.807) is 0 Å². The maximum Gasteiger partial charge on any atom is 0.242 e. The Balaban J connectivity index is 1.88. The van der Waals surface area contributed by atoms with Gasteiger partial charge in [-0.1, -0.05) is 31.2 Å². The number of aryl methyl sites for hydroxylation is 1. The van der Waals surface area contributed by atoms with E-state index in [4.69, 9.17) is 0 Å². The molecule has 0 aliphatic carbocycles. The van der Waals surface area contributed by atoms with Crippen molar-refractivity contribution in [2.75, 3.05) is 18.9 Å². The molecule has 150 valence electrons. The minimum Gasteiger partial charge on any atom is -0.326 e. The van der Waals surface area contributed by atoms with Crippen LogP contribution in [0.2, 0.25) is 0 Å². The van der Waals surface area contributed by atoms with E-state index in [2.05, 4.69) is 5.32 Å². The van der Waals surface area contributed by atoms with Crippen molar-refractivity contribution in [2.45, 2.75) is 38.0 Å². The van der Waals surface area contributed by atoms with Crippen molar-refractivity contribution in [3.63, 3.8) is 0 Å². The first-order valence-electron chi connectivity index (χ1n) is 9.20. The van der Waals surface area contributed by atoms with E-state index in [0.717, 1.165) is 17.7 Å². The molecule has 0 radical (unpaired) electrons. The van der Waals surface area contributed by atoms with Gasteiger partial charge < -0.3 is 5.32 Å². The van der Waals surface area contributed by atoms with Gasteiger partial charge in [0, 0.05) is 31.3 Å². The van der Waals surface area contributed by atoms with Gasteiger partial charge in [0.05, 0.1) is 4.90 Å². The molecule has 0 fully saturated rings. The van der Waals surface area contributed by atoms with Gasteiger partial charge in [0.15, 0.2) is 5.78 Å². The molecule has 0 saturated carbocycles. The molecule has 2 aromatic rings. The topological polar surface area (TPSA) is 83.6 Å². The Hall–Kier alpha value is -2.51. The average Bonchev–Trinajstić information content (AvgIpc) is 2.68. The zero-order valence-electron chi connectivity index (χ0n) is 16.4. The van der Waals surface area contributed by atoms with Gasteiger partial charge in [0.2, 0.25) is 15.9 Å². The van der Waals surface area contributed by atoms with Crippen molar-refractivity contribution in [1.29, 1.82) is 0 Å². The van der Waals surface area contributed by atoms with E-state index >= 15 is 0 Å². The summed E-state index contributed by atoms with van der Waals surface area (Å²) in [5.74, 6) is -0.266. The van der Waals surface area contributed by atoms with Gasteiger partial charge in [0.1, 0.15) is 0 Å². The summed E-state index contributed by atoms with van der Waals surface area (Å²) < 4.78 is 26.4. The van der Waals surface area contributed by atoms with E-state index in [-0.39, 0.29) is 29.6 Å². The van der Waals surface area contributed by atoms with Crippen molar-refractivity contribution in [1.82, 2.24) is 4.31 Å². The Kier molecular flexibility index (Phi) is 7.48. The van der Waals surface area contributed by atoms with Gasteiger partial charge in [-0.05, 0) is 49.6 Å². The molecule has 0 atom stereocenters. The number of anilines is 1. The lowest BCUT2D eigenvalue weighted by Gasteiger charge is -2.17. The van der Waals surface area contributed by atoms with Crippen LogP contribution in [-0.2, 0) is 21.2 Å². The van der Waals surface area contributed by atoms with Gasteiger partial charge in [-0.25, -0.2) is 12.7 Å². The zero-order chi connectivity index (χ0) is 20.7. The van der Waals surface area contributed by atoms with Gasteiger partial charge in [-0.2, -0.15) is 0 Å². The summed E-state index contributed by atoms with van der Waals surface area (Å²) in [5, 5.41) is 2.84. The molecular weight excluding hydrogens is 376 g/mol. The predicted octanol–water partition coefficient (Wildman–Crippen LogP) is 3.49. The molecule has 6 nitrogen and oxygen atoms in total. The second-order valence-corrected chi connectivity index (χ2v) is 8.66. The van der Waals surface area contributed by atoms with Crippen LogP contribution in [0, 0.1) is 0 Å². The number of carbonyl (C=O) groups is 2. The SMILES string of the molecule is CCc1cccc(NC(=O)CCCN(C)S(=O)(=O)c2ccc(C(C)=O)cc2)c1. The summed E-state index contributed by atoms with van der Waals surface area (Å²) in [6, 6.07) is 13.5. The fourth-order valence-electron chi connectivity index (χ4n) is 2.72. The summed E-state index contributed by atoms with van der Waals surface area (Å²) in [7, 11) is -2.17. The van der Waals surface area contributed by atoms with E-state index in [9.17, 15) is 18.0 Å². The highest BCUT2D eigenvalue weighted by molar-refractivity contribution is 7.89.